The highest BCUT2D eigenvalue weighted by Crippen LogP contribution is 2.18. The first-order valence-corrected chi connectivity index (χ1v) is 4.60. The molecule has 3 N–H and O–H groups in total. The Hall–Kier alpha value is -1.09. The molecule has 3 heteroatoms. The van der Waals surface area contributed by atoms with E-state index in [1.807, 2.05) is 26.1 Å². The molecule has 0 unspecified atom stereocenters. The molecule has 0 spiro atoms. The lowest BCUT2D eigenvalue weighted by molar-refractivity contribution is 0.689. The van der Waals surface area contributed by atoms with Crippen molar-refractivity contribution in [3.8, 4) is 0 Å². The third-order valence-corrected chi connectivity index (χ3v) is 2.22. The van der Waals surface area contributed by atoms with Gasteiger partial charge < -0.3 is 11.1 Å². The van der Waals surface area contributed by atoms with E-state index < -0.39 is 0 Å². The van der Waals surface area contributed by atoms with Crippen molar-refractivity contribution in [2.75, 3.05) is 12.4 Å². The van der Waals surface area contributed by atoms with Crippen LogP contribution in [-0.4, -0.2) is 12.0 Å². The number of anilines is 1. The molecule has 1 aromatic rings. The Labute approximate surface area is 79.4 Å². The molecule has 0 saturated carbocycles. The Morgan fingerprint density at radius 2 is 2.23 bits per heavy atom. The number of nitrogens with two attached hydrogens (primary N) is 1. The SMILES string of the molecule is CC[C@@H](N)c1ccc(NC)nc1C. The zero-order chi connectivity index (χ0) is 9.84. The summed E-state index contributed by atoms with van der Waals surface area (Å²) in [5.41, 5.74) is 8.08. The molecule has 0 aromatic carbocycles. The van der Waals surface area contributed by atoms with Crippen LogP contribution in [0, 0.1) is 6.92 Å². The molecule has 1 rings (SSSR count). The largest absolute Gasteiger partial charge is 0.373 e. The quantitative estimate of drug-likeness (QED) is 0.744. The molecule has 72 valence electrons. The van der Waals surface area contributed by atoms with Gasteiger partial charge in [-0.05, 0) is 25.0 Å². The zero-order valence-electron chi connectivity index (χ0n) is 8.46. The molecular formula is C10H17N3. The Bertz CT molecular complexity index is 283. The van der Waals surface area contributed by atoms with Crippen molar-refractivity contribution in [2.24, 2.45) is 5.73 Å². The molecule has 0 saturated heterocycles. The van der Waals surface area contributed by atoms with Crippen molar-refractivity contribution in [2.45, 2.75) is 26.3 Å². The molecule has 1 atom stereocenters. The predicted molar refractivity (Wildman–Crippen MR) is 55.7 cm³/mol. The van der Waals surface area contributed by atoms with Crippen LogP contribution in [0.3, 0.4) is 0 Å². The summed E-state index contributed by atoms with van der Waals surface area (Å²) in [4.78, 5) is 4.37. The number of pyridine rings is 1. The number of aromatic nitrogens is 1. The predicted octanol–water partition coefficient (Wildman–Crippen LogP) is 1.84. The molecule has 0 aliphatic carbocycles. The van der Waals surface area contributed by atoms with Crippen molar-refractivity contribution in [1.82, 2.24) is 4.98 Å². The highest BCUT2D eigenvalue weighted by molar-refractivity contribution is 5.38. The molecule has 0 amide bonds. The number of aryl methyl sites for hydroxylation is 1. The maximum Gasteiger partial charge on any atom is 0.125 e. The van der Waals surface area contributed by atoms with Gasteiger partial charge in [-0.25, -0.2) is 4.98 Å². The van der Waals surface area contributed by atoms with Crippen LogP contribution < -0.4 is 11.1 Å². The maximum absolute atomic E-state index is 5.93. The van der Waals surface area contributed by atoms with E-state index >= 15 is 0 Å². The molecule has 13 heavy (non-hydrogen) atoms. The lowest BCUT2D eigenvalue weighted by atomic mass is 10.0. The van der Waals surface area contributed by atoms with Crippen molar-refractivity contribution in [1.29, 1.82) is 0 Å². The topological polar surface area (TPSA) is 50.9 Å². The van der Waals surface area contributed by atoms with E-state index in [1.54, 1.807) is 0 Å². The van der Waals surface area contributed by atoms with E-state index in [-0.39, 0.29) is 6.04 Å². The second-order valence-corrected chi connectivity index (χ2v) is 3.14. The lowest BCUT2D eigenvalue weighted by Crippen LogP contribution is -2.11. The normalized spacial score (nSPS) is 12.6. The first-order chi connectivity index (χ1) is 6.19. The highest BCUT2D eigenvalue weighted by atomic mass is 15.0. The van der Waals surface area contributed by atoms with Gasteiger partial charge in [0.25, 0.3) is 0 Å². The first kappa shape index (κ1) is 9.99. The summed E-state index contributed by atoms with van der Waals surface area (Å²) in [6.07, 6.45) is 0.946. The second-order valence-electron chi connectivity index (χ2n) is 3.14. The van der Waals surface area contributed by atoms with Gasteiger partial charge in [0, 0.05) is 18.8 Å². The first-order valence-electron chi connectivity index (χ1n) is 4.60. The summed E-state index contributed by atoms with van der Waals surface area (Å²) in [7, 11) is 1.86. The maximum atomic E-state index is 5.93. The molecule has 0 fully saturated rings. The van der Waals surface area contributed by atoms with Gasteiger partial charge in [0.1, 0.15) is 5.82 Å². The molecular weight excluding hydrogens is 162 g/mol. The minimum atomic E-state index is 0.110. The molecule has 0 aliphatic heterocycles. The number of nitrogens with zero attached hydrogens (tertiary/aromatic N) is 1. The van der Waals surface area contributed by atoms with E-state index in [4.69, 9.17) is 5.73 Å². The molecule has 3 nitrogen and oxygen atoms in total. The van der Waals surface area contributed by atoms with E-state index in [1.165, 1.54) is 0 Å². The van der Waals surface area contributed by atoms with Crippen LogP contribution >= 0.6 is 0 Å². The van der Waals surface area contributed by atoms with Crippen molar-refractivity contribution in [3.63, 3.8) is 0 Å². The average Bonchev–Trinajstić information content (AvgIpc) is 2.16. The fraction of sp³-hybridized carbons (Fsp3) is 0.500. The van der Waals surface area contributed by atoms with Crippen molar-refractivity contribution >= 4 is 5.82 Å². The zero-order valence-corrected chi connectivity index (χ0v) is 8.46. The van der Waals surface area contributed by atoms with Gasteiger partial charge in [0.15, 0.2) is 0 Å². The summed E-state index contributed by atoms with van der Waals surface area (Å²) in [6.45, 7) is 4.07. The second kappa shape index (κ2) is 4.23. The van der Waals surface area contributed by atoms with E-state index in [2.05, 4.69) is 17.2 Å². The fourth-order valence-electron chi connectivity index (χ4n) is 1.32. The van der Waals surface area contributed by atoms with E-state index in [0.717, 1.165) is 23.5 Å². The molecule has 1 aromatic heterocycles. The van der Waals surface area contributed by atoms with Gasteiger partial charge in [-0.3, -0.25) is 0 Å². The van der Waals surface area contributed by atoms with Crippen LogP contribution in [0.2, 0.25) is 0 Å². The Kier molecular flexibility index (Phi) is 3.25. The van der Waals surface area contributed by atoms with Crippen LogP contribution in [-0.2, 0) is 0 Å². The number of rotatable bonds is 3. The van der Waals surface area contributed by atoms with Crippen LogP contribution in [0.5, 0.6) is 0 Å². The van der Waals surface area contributed by atoms with Gasteiger partial charge in [-0.1, -0.05) is 13.0 Å². The van der Waals surface area contributed by atoms with Crippen LogP contribution in [0.1, 0.15) is 30.6 Å². The van der Waals surface area contributed by atoms with Crippen molar-refractivity contribution < 1.29 is 0 Å². The summed E-state index contributed by atoms with van der Waals surface area (Å²) < 4.78 is 0. The third kappa shape index (κ3) is 2.18. The van der Waals surface area contributed by atoms with Gasteiger partial charge in [0.05, 0.1) is 0 Å². The summed E-state index contributed by atoms with van der Waals surface area (Å²) in [5, 5.41) is 3.00. The number of nitrogens with one attached hydrogen (secondary N) is 1. The Morgan fingerprint density at radius 1 is 1.54 bits per heavy atom. The molecule has 0 bridgehead atoms. The summed E-state index contributed by atoms with van der Waals surface area (Å²) in [6, 6.07) is 4.11. The third-order valence-electron chi connectivity index (χ3n) is 2.22. The van der Waals surface area contributed by atoms with Gasteiger partial charge in [-0.15, -0.1) is 0 Å². The van der Waals surface area contributed by atoms with E-state index in [0.29, 0.717) is 0 Å². The van der Waals surface area contributed by atoms with E-state index in [9.17, 15) is 0 Å². The smallest absolute Gasteiger partial charge is 0.125 e. The van der Waals surface area contributed by atoms with Crippen molar-refractivity contribution in [3.05, 3.63) is 23.4 Å². The van der Waals surface area contributed by atoms with Gasteiger partial charge in [0.2, 0.25) is 0 Å². The van der Waals surface area contributed by atoms with Gasteiger partial charge in [-0.2, -0.15) is 0 Å². The monoisotopic (exact) mass is 179 g/mol. The van der Waals surface area contributed by atoms with Crippen LogP contribution in [0.25, 0.3) is 0 Å². The Morgan fingerprint density at radius 3 is 2.69 bits per heavy atom. The molecule has 0 radical (unpaired) electrons. The van der Waals surface area contributed by atoms with Gasteiger partial charge >= 0.3 is 0 Å². The standard InChI is InChI=1S/C10H17N3/c1-4-9(11)8-5-6-10(12-3)13-7(8)2/h5-6,9H,4,11H2,1-3H3,(H,12,13)/t9-/m1/s1. The van der Waals surface area contributed by atoms with Crippen LogP contribution in [0.15, 0.2) is 12.1 Å². The average molecular weight is 179 g/mol. The molecule has 0 aliphatic rings. The fourth-order valence-corrected chi connectivity index (χ4v) is 1.32. The lowest BCUT2D eigenvalue weighted by Gasteiger charge is -2.12. The summed E-state index contributed by atoms with van der Waals surface area (Å²) in [5.74, 6) is 0.893. The number of hydrogen-bond acceptors (Lipinski definition) is 3. The highest BCUT2D eigenvalue weighted by Gasteiger charge is 2.07. The minimum absolute atomic E-state index is 0.110. The minimum Gasteiger partial charge on any atom is -0.373 e. The summed E-state index contributed by atoms with van der Waals surface area (Å²) >= 11 is 0. The number of hydrogen-bond donors (Lipinski definition) is 2. The molecule has 1 heterocycles. The Balaban J connectivity index is 2.98. The van der Waals surface area contributed by atoms with Crippen LogP contribution in [0.4, 0.5) is 5.82 Å².